The lowest BCUT2D eigenvalue weighted by atomic mass is 10.0. The van der Waals surface area contributed by atoms with Crippen molar-refractivity contribution >= 4 is 17.3 Å². The van der Waals surface area contributed by atoms with Gasteiger partial charge in [0.25, 0.3) is 5.91 Å². The predicted molar refractivity (Wildman–Crippen MR) is 135 cm³/mol. The van der Waals surface area contributed by atoms with Crippen LogP contribution >= 0.6 is 0 Å². The molecule has 0 aliphatic heterocycles. The number of hydrogen-bond donors (Lipinski definition) is 2. The van der Waals surface area contributed by atoms with Crippen LogP contribution in [0.4, 0.5) is 15.8 Å². The number of nitrogens with one attached hydrogen (secondary N) is 1. The molecule has 5 aromatic rings. The molecule has 0 fully saturated rings. The highest BCUT2D eigenvalue weighted by Crippen LogP contribution is 2.28. The van der Waals surface area contributed by atoms with Crippen molar-refractivity contribution < 1.29 is 9.18 Å². The van der Waals surface area contributed by atoms with Crippen LogP contribution in [0.5, 0.6) is 0 Å². The lowest BCUT2D eigenvalue weighted by Gasteiger charge is -2.10. The largest absolute Gasteiger partial charge is 0.397 e. The third-order valence-corrected chi connectivity index (χ3v) is 5.66. The third kappa shape index (κ3) is 5.09. The van der Waals surface area contributed by atoms with Crippen molar-refractivity contribution in [3.8, 4) is 22.3 Å². The molecule has 7 heteroatoms. The van der Waals surface area contributed by atoms with Crippen LogP contribution in [-0.4, -0.2) is 20.9 Å². The van der Waals surface area contributed by atoms with Crippen LogP contribution in [0.2, 0.25) is 0 Å². The second-order valence-electron chi connectivity index (χ2n) is 8.13. The van der Waals surface area contributed by atoms with E-state index in [1.165, 1.54) is 12.1 Å². The molecule has 1 heterocycles. The number of nitrogens with zero attached hydrogens (tertiary/aromatic N) is 3. The summed E-state index contributed by atoms with van der Waals surface area (Å²) >= 11 is 0. The summed E-state index contributed by atoms with van der Waals surface area (Å²) in [7, 11) is 0. The number of halogens is 1. The van der Waals surface area contributed by atoms with Crippen molar-refractivity contribution in [1.82, 2.24) is 15.0 Å². The van der Waals surface area contributed by atoms with Crippen LogP contribution in [0.3, 0.4) is 0 Å². The molecule has 6 nitrogen and oxygen atoms in total. The highest BCUT2D eigenvalue weighted by molar-refractivity contribution is 6.04. The van der Waals surface area contributed by atoms with Gasteiger partial charge in [-0.3, -0.25) is 4.79 Å². The summed E-state index contributed by atoms with van der Waals surface area (Å²) < 4.78 is 14.9. The summed E-state index contributed by atoms with van der Waals surface area (Å²) in [6, 6.07) is 29.7. The summed E-state index contributed by atoms with van der Waals surface area (Å²) in [6.45, 7) is 0.484. The van der Waals surface area contributed by atoms with Gasteiger partial charge in [-0.25, -0.2) is 9.07 Å². The molecule has 0 spiro atoms. The first-order valence-electron chi connectivity index (χ1n) is 11.1. The van der Waals surface area contributed by atoms with E-state index in [1.807, 2.05) is 36.4 Å². The number of aromatic nitrogens is 3. The number of nitrogens with two attached hydrogens (primary N) is 1. The van der Waals surface area contributed by atoms with Gasteiger partial charge in [-0.15, -0.1) is 5.10 Å². The maximum atomic E-state index is 13.2. The fourth-order valence-corrected chi connectivity index (χ4v) is 3.77. The van der Waals surface area contributed by atoms with E-state index in [9.17, 15) is 9.18 Å². The molecule has 0 aliphatic carbocycles. The average Bonchev–Trinajstić information content (AvgIpc) is 3.35. The Hall–Kier alpha value is -4.78. The minimum absolute atomic E-state index is 0.178. The van der Waals surface area contributed by atoms with Crippen LogP contribution in [0.15, 0.2) is 103 Å². The first-order chi connectivity index (χ1) is 17.0. The van der Waals surface area contributed by atoms with E-state index in [0.29, 0.717) is 17.9 Å². The summed E-state index contributed by atoms with van der Waals surface area (Å²) in [5, 5.41) is 10.9. The van der Waals surface area contributed by atoms with Gasteiger partial charge in [0.2, 0.25) is 0 Å². The molecule has 1 aromatic heterocycles. The van der Waals surface area contributed by atoms with Gasteiger partial charge in [-0.2, -0.15) is 0 Å². The second kappa shape index (κ2) is 9.61. The van der Waals surface area contributed by atoms with Gasteiger partial charge in [0, 0.05) is 0 Å². The zero-order valence-corrected chi connectivity index (χ0v) is 18.7. The maximum absolute atomic E-state index is 13.2. The van der Waals surface area contributed by atoms with Crippen LogP contribution in [0.25, 0.3) is 22.3 Å². The molecule has 5 rings (SSSR count). The average molecular weight is 464 g/mol. The van der Waals surface area contributed by atoms with E-state index < -0.39 is 5.91 Å². The molecule has 3 N–H and O–H groups in total. The number of amides is 1. The second-order valence-corrected chi connectivity index (χ2v) is 8.13. The van der Waals surface area contributed by atoms with E-state index in [0.717, 1.165) is 27.8 Å². The van der Waals surface area contributed by atoms with E-state index in [-0.39, 0.29) is 11.5 Å². The Labute approximate surface area is 201 Å². The Bertz CT molecular complexity index is 1460. The summed E-state index contributed by atoms with van der Waals surface area (Å²) in [6.07, 6.45) is 1.60. The van der Waals surface area contributed by atoms with Gasteiger partial charge in [0.15, 0.2) is 5.69 Å². The summed E-state index contributed by atoms with van der Waals surface area (Å²) in [5.74, 6) is -0.730. The van der Waals surface area contributed by atoms with E-state index in [2.05, 4.69) is 39.9 Å². The molecule has 0 saturated carbocycles. The third-order valence-electron chi connectivity index (χ3n) is 5.66. The Kier molecular flexibility index (Phi) is 6.05. The number of hydrogen-bond acceptors (Lipinski definition) is 4. The van der Waals surface area contributed by atoms with Gasteiger partial charge in [0.05, 0.1) is 24.1 Å². The van der Waals surface area contributed by atoms with Crippen LogP contribution in [0, 0.1) is 5.82 Å². The Morgan fingerprint density at radius 1 is 0.829 bits per heavy atom. The van der Waals surface area contributed by atoms with Gasteiger partial charge >= 0.3 is 0 Å². The highest BCUT2D eigenvalue weighted by atomic mass is 19.1. The van der Waals surface area contributed by atoms with Crippen molar-refractivity contribution in [1.29, 1.82) is 0 Å². The van der Waals surface area contributed by atoms with Crippen molar-refractivity contribution in [2.24, 2.45) is 0 Å². The normalized spacial score (nSPS) is 10.8. The van der Waals surface area contributed by atoms with Crippen molar-refractivity contribution in [3.63, 3.8) is 0 Å². The Morgan fingerprint density at radius 3 is 2.20 bits per heavy atom. The minimum Gasteiger partial charge on any atom is -0.397 e. The summed E-state index contributed by atoms with van der Waals surface area (Å²) in [5.41, 5.74) is 12.0. The maximum Gasteiger partial charge on any atom is 0.277 e. The fourth-order valence-electron chi connectivity index (χ4n) is 3.77. The molecule has 0 bridgehead atoms. The minimum atomic E-state index is -0.418. The molecular weight excluding hydrogens is 441 g/mol. The fraction of sp³-hybridized carbons (Fsp3) is 0.0357. The number of rotatable bonds is 6. The molecular formula is C28H22FN5O. The molecule has 0 atom stereocenters. The van der Waals surface area contributed by atoms with Crippen molar-refractivity contribution in [3.05, 3.63) is 120 Å². The van der Waals surface area contributed by atoms with E-state index in [1.54, 1.807) is 35.1 Å². The van der Waals surface area contributed by atoms with E-state index >= 15 is 0 Å². The molecule has 0 unspecified atom stereocenters. The number of carbonyl (C=O) groups is 1. The predicted octanol–water partition coefficient (Wildman–Crippen LogP) is 5.63. The van der Waals surface area contributed by atoms with E-state index in [4.69, 9.17) is 5.73 Å². The smallest absolute Gasteiger partial charge is 0.277 e. The lowest BCUT2D eigenvalue weighted by molar-refractivity contribution is 0.102. The van der Waals surface area contributed by atoms with Gasteiger partial charge in [-0.05, 0) is 52.1 Å². The van der Waals surface area contributed by atoms with Crippen LogP contribution in [0.1, 0.15) is 16.1 Å². The number of benzene rings is 4. The number of anilines is 2. The standard InChI is InChI=1S/C28H22FN5O/c29-24-13-10-22(11-14-24)23-12-15-25(30)26(16-23)31-28(35)27-18-34(33-32-27)17-19-6-8-21(9-7-19)20-4-2-1-3-5-20/h1-16,18H,17,30H2,(H,31,35). The molecule has 172 valence electrons. The molecule has 4 aromatic carbocycles. The van der Waals surface area contributed by atoms with Crippen LogP contribution < -0.4 is 11.1 Å². The Balaban J connectivity index is 1.27. The molecule has 1 amide bonds. The summed E-state index contributed by atoms with van der Waals surface area (Å²) in [4.78, 5) is 12.8. The SMILES string of the molecule is Nc1ccc(-c2ccc(F)cc2)cc1NC(=O)c1cn(Cc2ccc(-c3ccccc3)cc2)nn1. The quantitative estimate of drug-likeness (QED) is 0.319. The van der Waals surface area contributed by atoms with Gasteiger partial charge < -0.3 is 11.1 Å². The van der Waals surface area contributed by atoms with Gasteiger partial charge in [-0.1, -0.05) is 78.0 Å². The molecule has 35 heavy (non-hydrogen) atoms. The number of carbonyl (C=O) groups excluding carboxylic acids is 1. The zero-order valence-electron chi connectivity index (χ0n) is 18.7. The zero-order chi connectivity index (χ0) is 24.2. The molecule has 0 saturated heterocycles. The topological polar surface area (TPSA) is 85.8 Å². The van der Waals surface area contributed by atoms with Crippen molar-refractivity contribution in [2.75, 3.05) is 11.1 Å². The lowest BCUT2D eigenvalue weighted by Crippen LogP contribution is -2.13. The first-order valence-corrected chi connectivity index (χ1v) is 11.1. The highest BCUT2D eigenvalue weighted by Gasteiger charge is 2.14. The van der Waals surface area contributed by atoms with Crippen LogP contribution in [-0.2, 0) is 6.54 Å². The molecule has 0 aliphatic rings. The molecule has 0 radical (unpaired) electrons. The monoisotopic (exact) mass is 463 g/mol. The number of nitrogen functional groups attached to an aromatic ring is 1. The Morgan fingerprint density at radius 2 is 1.46 bits per heavy atom. The van der Waals surface area contributed by atoms with Crippen molar-refractivity contribution in [2.45, 2.75) is 6.54 Å². The first kappa shape index (κ1) is 22.0. The van der Waals surface area contributed by atoms with Gasteiger partial charge in [0.1, 0.15) is 5.82 Å².